The third-order valence-electron chi connectivity index (χ3n) is 3.47. The highest BCUT2D eigenvalue weighted by Crippen LogP contribution is 2.22. The van der Waals surface area contributed by atoms with E-state index < -0.39 is 5.60 Å². The van der Waals surface area contributed by atoms with Gasteiger partial charge in [-0.15, -0.1) is 10.2 Å². The van der Waals surface area contributed by atoms with Crippen LogP contribution in [0.2, 0.25) is 0 Å². The van der Waals surface area contributed by atoms with Gasteiger partial charge in [-0.05, 0) is 30.7 Å². The number of H-pyrrole nitrogens is 1. The number of nitrogens with one attached hydrogen (secondary N) is 1. The Kier molecular flexibility index (Phi) is 2.98. The Labute approximate surface area is 115 Å². The van der Waals surface area contributed by atoms with E-state index in [9.17, 15) is 9.90 Å². The summed E-state index contributed by atoms with van der Waals surface area (Å²) in [6.45, 7) is 2.70. The number of aromatic nitrogens is 4. The third-order valence-corrected chi connectivity index (χ3v) is 3.47. The molecule has 20 heavy (non-hydrogen) atoms. The van der Waals surface area contributed by atoms with Crippen LogP contribution >= 0.6 is 0 Å². The van der Waals surface area contributed by atoms with Crippen LogP contribution < -0.4 is 0 Å². The van der Waals surface area contributed by atoms with Crippen molar-refractivity contribution in [3.63, 3.8) is 0 Å². The number of carbonyl (C=O) groups excluding carboxylic acids is 1. The van der Waals surface area contributed by atoms with Crippen LogP contribution in [0.15, 0.2) is 24.3 Å². The minimum Gasteiger partial charge on any atom is -0.388 e. The topological polar surface area (TPSA) is 95.0 Å². The molecule has 2 N–H and O–H groups in total. The van der Waals surface area contributed by atoms with Gasteiger partial charge >= 0.3 is 0 Å². The van der Waals surface area contributed by atoms with Crippen molar-refractivity contribution in [2.75, 3.05) is 13.1 Å². The molecule has 1 aromatic heterocycles. The van der Waals surface area contributed by atoms with Gasteiger partial charge in [-0.1, -0.05) is 12.1 Å². The van der Waals surface area contributed by atoms with Crippen LogP contribution in [0.25, 0.3) is 11.4 Å². The van der Waals surface area contributed by atoms with E-state index in [1.807, 2.05) is 0 Å². The lowest BCUT2D eigenvalue weighted by molar-refractivity contribution is 0.0572. The van der Waals surface area contributed by atoms with E-state index in [-0.39, 0.29) is 5.91 Å². The second kappa shape index (κ2) is 4.68. The summed E-state index contributed by atoms with van der Waals surface area (Å²) in [6, 6.07) is 7.04. The second-order valence-electron chi connectivity index (χ2n) is 5.29. The molecule has 0 spiro atoms. The largest absolute Gasteiger partial charge is 0.388 e. The fourth-order valence-electron chi connectivity index (χ4n) is 2.35. The summed E-state index contributed by atoms with van der Waals surface area (Å²) in [6.07, 6.45) is 0.611. The lowest BCUT2D eigenvalue weighted by atomic mass is 10.1. The zero-order valence-electron chi connectivity index (χ0n) is 11.1. The minimum absolute atomic E-state index is 0.0672. The molecule has 1 aliphatic heterocycles. The van der Waals surface area contributed by atoms with Gasteiger partial charge < -0.3 is 10.0 Å². The van der Waals surface area contributed by atoms with E-state index >= 15 is 0 Å². The number of tetrazole rings is 1. The fourth-order valence-corrected chi connectivity index (χ4v) is 2.35. The van der Waals surface area contributed by atoms with Crippen molar-refractivity contribution in [2.24, 2.45) is 0 Å². The summed E-state index contributed by atoms with van der Waals surface area (Å²) >= 11 is 0. The number of aliphatic hydroxyl groups is 1. The summed E-state index contributed by atoms with van der Waals surface area (Å²) in [5.74, 6) is 0.426. The predicted molar refractivity (Wildman–Crippen MR) is 70.8 cm³/mol. The normalized spacial score (nSPS) is 22.2. The van der Waals surface area contributed by atoms with Crippen molar-refractivity contribution in [3.05, 3.63) is 29.8 Å². The Bertz CT molecular complexity index is 606. The first-order valence-electron chi connectivity index (χ1n) is 6.41. The van der Waals surface area contributed by atoms with Crippen molar-refractivity contribution in [1.29, 1.82) is 0 Å². The van der Waals surface area contributed by atoms with Crippen molar-refractivity contribution < 1.29 is 9.90 Å². The summed E-state index contributed by atoms with van der Waals surface area (Å²) < 4.78 is 0. The van der Waals surface area contributed by atoms with Gasteiger partial charge in [0.05, 0.1) is 5.60 Å². The molecule has 104 valence electrons. The molecule has 1 saturated heterocycles. The molecule has 7 heteroatoms. The van der Waals surface area contributed by atoms with Crippen LogP contribution in [-0.2, 0) is 0 Å². The second-order valence-corrected chi connectivity index (χ2v) is 5.29. The van der Waals surface area contributed by atoms with E-state index in [1.165, 1.54) is 0 Å². The lowest BCUT2D eigenvalue weighted by Gasteiger charge is -2.19. The number of likely N-dealkylation sites (tertiary alicyclic amines) is 1. The maximum Gasteiger partial charge on any atom is 0.253 e. The predicted octanol–water partition coefficient (Wildman–Crippen LogP) is 0.464. The van der Waals surface area contributed by atoms with Crippen molar-refractivity contribution in [3.8, 4) is 11.4 Å². The Balaban J connectivity index is 1.76. The molecule has 1 amide bonds. The molecular weight excluding hydrogens is 258 g/mol. The maximum absolute atomic E-state index is 12.3. The molecular formula is C13H15N5O2. The van der Waals surface area contributed by atoms with Gasteiger partial charge in [0.2, 0.25) is 5.82 Å². The van der Waals surface area contributed by atoms with Crippen LogP contribution in [0.4, 0.5) is 0 Å². The van der Waals surface area contributed by atoms with E-state index in [0.717, 1.165) is 5.56 Å². The van der Waals surface area contributed by atoms with Gasteiger partial charge in [0.25, 0.3) is 5.91 Å². The number of carbonyl (C=O) groups is 1. The summed E-state index contributed by atoms with van der Waals surface area (Å²) in [4.78, 5) is 14.0. The Morgan fingerprint density at radius 2 is 2.15 bits per heavy atom. The first-order valence-corrected chi connectivity index (χ1v) is 6.41. The Morgan fingerprint density at radius 1 is 1.40 bits per heavy atom. The van der Waals surface area contributed by atoms with Crippen LogP contribution in [0.3, 0.4) is 0 Å². The number of aromatic amines is 1. The van der Waals surface area contributed by atoms with Crippen molar-refractivity contribution in [1.82, 2.24) is 25.5 Å². The number of amides is 1. The molecule has 1 aromatic carbocycles. The Hall–Kier alpha value is -2.28. The summed E-state index contributed by atoms with van der Waals surface area (Å²) in [7, 11) is 0. The molecule has 2 aromatic rings. The zero-order chi connectivity index (χ0) is 14.2. The van der Waals surface area contributed by atoms with Crippen LogP contribution in [0.1, 0.15) is 23.7 Å². The van der Waals surface area contributed by atoms with Crippen molar-refractivity contribution in [2.45, 2.75) is 18.9 Å². The van der Waals surface area contributed by atoms with Gasteiger partial charge in [-0.3, -0.25) is 4.79 Å². The first-order chi connectivity index (χ1) is 9.55. The van der Waals surface area contributed by atoms with Gasteiger partial charge in [0.1, 0.15) is 0 Å². The number of benzene rings is 1. The van der Waals surface area contributed by atoms with E-state index in [4.69, 9.17) is 0 Å². The third kappa shape index (κ3) is 2.39. The number of hydrogen-bond donors (Lipinski definition) is 2. The average molecular weight is 273 g/mol. The van der Waals surface area contributed by atoms with E-state index in [2.05, 4.69) is 20.6 Å². The van der Waals surface area contributed by atoms with Gasteiger partial charge in [-0.2, -0.15) is 5.21 Å². The highest BCUT2D eigenvalue weighted by atomic mass is 16.3. The monoisotopic (exact) mass is 273 g/mol. The zero-order valence-corrected chi connectivity index (χ0v) is 11.1. The molecule has 1 unspecified atom stereocenters. The number of nitrogens with zero attached hydrogens (tertiary/aromatic N) is 4. The van der Waals surface area contributed by atoms with Gasteiger partial charge in [-0.25, -0.2) is 0 Å². The molecule has 0 saturated carbocycles. The minimum atomic E-state index is -0.778. The van der Waals surface area contributed by atoms with E-state index in [1.54, 1.807) is 36.1 Å². The lowest BCUT2D eigenvalue weighted by Crippen LogP contribution is -2.33. The molecule has 0 bridgehead atoms. The van der Waals surface area contributed by atoms with Crippen LogP contribution in [0, 0.1) is 0 Å². The molecule has 7 nitrogen and oxygen atoms in total. The van der Waals surface area contributed by atoms with E-state index in [0.29, 0.717) is 30.9 Å². The Morgan fingerprint density at radius 3 is 2.70 bits per heavy atom. The summed E-state index contributed by atoms with van der Waals surface area (Å²) in [5.41, 5.74) is 0.610. The van der Waals surface area contributed by atoms with Gasteiger partial charge in [0, 0.05) is 24.2 Å². The molecule has 0 radical (unpaired) electrons. The highest BCUT2D eigenvalue weighted by Gasteiger charge is 2.34. The molecule has 2 heterocycles. The molecule has 3 rings (SSSR count). The first kappa shape index (κ1) is 12.7. The highest BCUT2D eigenvalue weighted by molar-refractivity contribution is 5.94. The fraction of sp³-hybridized carbons (Fsp3) is 0.385. The summed E-state index contributed by atoms with van der Waals surface area (Å²) in [5, 5.41) is 23.6. The smallest absolute Gasteiger partial charge is 0.253 e. The molecule has 1 fully saturated rings. The standard InChI is InChI=1S/C13H15N5O2/c1-13(20)6-7-18(8-13)12(19)10-4-2-9(3-5-10)11-14-16-17-15-11/h2-5,20H,6-8H2,1H3,(H,14,15,16,17). The molecule has 0 aliphatic carbocycles. The molecule has 1 atom stereocenters. The number of rotatable bonds is 2. The number of β-amino-alcohol motifs (C(OH)–C–C–N with tert-alkyl or cyclic N) is 1. The van der Waals surface area contributed by atoms with Crippen LogP contribution in [0.5, 0.6) is 0 Å². The molecule has 1 aliphatic rings. The van der Waals surface area contributed by atoms with Crippen LogP contribution in [-0.4, -0.2) is 55.2 Å². The SMILES string of the molecule is CC1(O)CCN(C(=O)c2ccc(-c3nn[nH]n3)cc2)C1. The number of hydrogen-bond acceptors (Lipinski definition) is 5. The van der Waals surface area contributed by atoms with Crippen molar-refractivity contribution >= 4 is 5.91 Å². The average Bonchev–Trinajstić information content (AvgIpc) is 3.07. The maximum atomic E-state index is 12.3. The van der Waals surface area contributed by atoms with Gasteiger partial charge in [0.15, 0.2) is 0 Å². The quantitative estimate of drug-likeness (QED) is 0.829.